The number of allylic oxidation sites excluding steroid dienone is 2. The van der Waals surface area contributed by atoms with Crippen molar-refractivity contribution in [3.63, 3.8) is 0 Å². The summed E-state index contributed by atoms with van der Waals surface area (Å²) in [4.78, 5) is 4.54. The van der Waals surface area contributed by atoms with Gasteiger partial charge in [0.15, 0.2) is 0 Å². The summed E-state index contributed by atoms with van der Waals surface area (Å²) in [6.45, 7) is 2.21. The van der Waals surface area contributed by atoms with E-state index in [0.29, 0.717) is 6.04 Å². The minimum atomic E-state index is 0.586. The van der Waals surface area contributed by atoms with E-state index in [1.165, 1.54) is 25.0 Å². The maximum Gasteiger partial charge on any atom is 0.0481 e. The highest BCUT2D eigenvalue weighted by atomic mass is 14.8. The Kier molecular flexibility index (Phi) is 1.37. The molecule has 54 valence electrons. The van der Waals surface area contributed by atoms with Crippen molar-refractivity contribution in [1.82, 2.24) is 0 Å². The first-order chi connectivity index (χ1) is 4.86. The molecule has 0 spiro atoms. The van der Waals surface area contributed by atoms with E-state index in [1.54, 1.807) is 0 Å². The zero-order chi connectivity index (χ0) is 6.97. The van der Waals surface area contributed by atoms with Gasteiger partial charge in [0, 0.05) is 17.7 Å². The highest BCUT2D eigenvalue weighted by Crippen LogP contribution is 2.27. The molecule has 1 aliphatic heterocycles. The molecule has 0 amide bonds. The molecule has 2 atom stereocenters. The molecule has 2 rings (SSSR count). The Morgan fingerprint density at radius 3 is 3.30 bits per heavy atom. The summed E-state index contributed by atoms with van der Waals surface area (Å²) in [6, 6.07) is 0.586. The quantitative estimate of drug-likeness (QED) is 0.483. The second-order valence-electron chi connectivity index (χ2n) is 3.32. The number of hydrogen-bond acceptors (Lipinski definition) is 1. The fraction of sp³-hybridized carbons (Fsp3) is 0.667. The third-order valence-electron chi connectivity index (χ3n) is 2.38. The summed E-state index contributed by atoms with van der Waals surface area (Å²) in [7, 11) is 0. The van der Waals surface area contributed by atoms with Crippen LogP contribution in [0.2, 0.25) is 0 Å². The Bertz CT molecular complexity index is 191. The molecule has 1 nitrogen and oxygen atoms in total. The number of hydrogen-bond donors (Lipinski definition) is 0. The average Bonchev–Trinajstić information content (AvgIpc) is 2.27. The van der Waals surface area contributed by atoms with Gasteiger partial charge in [0.2, 0.25) is 0 Å². The van der Waals surface area contributed by atoms with E-state index in [4.69, 9.17) is 0 Å². The lowest BCUT2D eigenvalue weighted by molar-refractivity contribution is 0.565. The molecule has 1 heteroatoms. The third-order valence-corrected chi connectivity index (χ3v) is 2.38. The van der Waals surface area contributed by atoms with Crippen LogP contribution in [0.1, 0.15) is 26.2 Å². The lowest BCUT2D eigenvalue weighted by atomic mass is 9.91. The maximum absolute atomic E-state index is 4.54. The molecule has 0 bridgehead atoms. The number of fused-ring (bicyclic) bond motifs is 1. The Labute approximate surface area is 61.9 Å². The van der Waals surface area contributed by atoms with Gasteiger partial charge in [-0.1, -0.05) is 6.08 Å². The van der Waals surface area contributed by atoms with Crippen molar-refractivity contribution in [2.45, 2.75) is 32.2 Å². The fourth-order valence-electron chi connectivity index (χ4n) is 1.89. The Morgan fingerprint density at radius 1 is 1.60 bits per heavy atom. The highest BCUT2D eigenvalue weighted by Gasteiger charge is 2.24. The SMILES string of the molecule is CC1CC2CCC=CC2=N1. The molecule has 1 aliphatic carbocycles. The van der Waals surface area contributed by atoms with Crippen molar-refractivity contribution >= 4 is 5.71 Å². The first kappa shape index (κ1) is 6.14. The van der Waals surface area contributed by atoms with Crippen molar-refractivity contribution in [2.75, 3.05) is 0 Å². The minimum Gasteiger partial charge on any atom is -0.286 e. The summed E-state index contributed by atoms with van der Waals surface area (Å²) in [5.41, 5.74) is 1.36. The van der Waals surface area contributed by atoms with Gasteiger partial charge in [-0.2, -0.15) is 0 Å². The maximum atomic E-state index is 4.54. The normalized spacial score (nSPS) is 37.5. The average molecular weight is 135 g/mol. The summed E-state index contributed by atoms with van der Waals surface area (Å²) < 4.78 is 0. The van der Waals surface area contributed by atoms with Crippen molar-refractivity contribution in [1.29, 1.82) is 0 Å². The molecule has 0 aromatic heterocycles. The molecule has 2 unspecified atom stereocenters. The van der Waals surface area contributed by atoms with Gasteiger partial charge in [0.1, 0.15) is 0 Å². The van der Waals surface area contributed by atoms with Crippen LogP contribution in [0.4, 0.5) is 0 Å². The van der Waals surface area contributed by atoms with Gasteiger partial charge in [-0.05, 0) is 32.3 Å². The standard InChI is InChI=1S/C9H13N/c1-7-6-8-4-2-3-5-9(8)10-7/h3,5,7-8H,2,4,6H2,1H3. The third kappa shape index (κ3) is 0.898. The first-order valence-electron chi connectivity index (χ1n) is 4.10. The molecular formula is C9H13N. The van der Waals surface area contributed by atoms with Crippen LogP contribution in [0.5, 0.6) is 0 Å². The van der Waals surface area contributed by atoms with E-state index in [-0.39, 0.29) is 0 Å². The van der Waals surface area contributed by atoms with E-state index >= 15 is 0 Å². The number of rotatable bonds is 0. The summed E-state index contributed by atoms with van der Waals surface area (Å²) in [6.07, 6.45) is 8.33. The Morgan fingerprint density at radius 2 is 2.50 bits per heavy atom. The molecule has 0 aromatic carbocycles. The van der Waals surface area contributed by atoms with Gasteiger partial charge in [-0.3, -0.25) is 4.99 Å². The molecule has 2 aliphatic rings. The van der Waals surface area contributed by atoms with Gasteiger partial charge in [-0.15, -0.1) is 0 Å². The van der Waals surface area contributed by atoms with Crippen LogP contribution in [-0.4, -0.2) is 11.8 Å². The van der Waals surface area contributed by atoms with Gasteiger partial charge < -0.3 is 0 Å². The Hall–Kier alpha value is -0.590. The van der Waals surface area contributed by atoms with Crippen LogP contribution in [0.15, 0.2) is 17.1 Å². The molecule has 0 saturated heterocycles. The lowest BCUT2D eigenvalue weighted by Gasteiger charge is -2.12. The van der Waals surface area contributed by atoms with E-state index < -0.39 is 0 Å². The lowest BCUT2D eigenvalue weighted by Crippen LogP contribution is -2.10. The highest BCUT2D eigenvalue weighted by molar-refractivity contribution is 5.98. The molecule has 0 aromatic rings. The zero-order valence-electron chi connectivity index (χ0n) is 6.38. The van der Waals surface area contributed by atoms with Crippen LogP contribution in [-0.2, 0) is 0 Å². The largest absolute Gasteiger partial charge is 0.286 e. The molecule has 0 fully saturated rings. The molecule has 0 N–H and O–H groups in total. The van der Waals surface area contributed by atoms with Gasteiger partial charge >= 0.3 is 0 Å². The predicted molar refractivity (Wildman–Crippen MR) is 43.4 cm³/mol. The van der Waals surface area contributed by atoms with Gasteiger partial charge in [-0.25, -0.2) is 0 Å². The van der Waals surface area contributed by atoms with Gasteiger partial charge in [0.05, 0.1) is 0 Å². The second kappa shape index (κ2) is 2.22. The van der Waals surface area contributed by atoms with Crippen LogP contribution in [0, 0.1) is 5.92 Å². The van der Waals surface area contributed by atoms with Crippen LogP contribution < -0.4 is 0 Å². The molecule has 10 heavy (non-hydrogen) atoms. The van der Waals surface area contributed by atoms with E-state index in [9.17, 15) is 0 Å². The van der Waals surface area contributed by atoms with E-state index in [2.05, 4.69) is 24.1 Å². The molecule has 1 heterocycles. The molecule has 0 saturated carbocycles. The smallest absolute Gasteiger partial charge is 0.0481 e. The molecule has 0 radical (unpaired) electrons. The number of nitrogens with zero attached hydrogens (tertiary/aromatic N) is 1. The molecular weight excluding hydrogens is 122 g/mol. The summed E-state index contributed by atoms with van der Waals surface area (Å²) >= 11 is 0. The second-order valence-corrected chi connectivity index (χ2v) is 3.32. The van der Waals surface area contributed by atoms with E-state index in [0.717, 1.165) is 5.92 Å². The first-order valence-corrected chi connectivity index (χ1v) is 4.10. The topological polar surface area (TPSA) is 12.4 Å². The van der Waals surface area contributed by atoms with Crippen molar-refractivity contribution in [3.05, 3.63) is 12.2 Å². The van der Waals surface area contributed by atoms with Crippen molar-refractivity contribution in [2.24, 2.45) is 10.9 Å². The predicted octanol–water partition coefficient (Wildman–Crippen LogP) is 2.19. The van der Waals surface area contributed by atoms with E-state index in [1.807, 2.05) is 0 Å². The summed E-state index contributed by atoms with van der Waals surface area (Å²) in [5.74, 6) is 0.806. The number of aliphatic imine (C=N–C) groups is 1. The fourth-order valence-corrected chi connectivity index (χ4v) is 1.89. The van der Waals surface area contributed by atoms with Crippen LogP contribution >= 0.6 is 0 Å². The van der Waals surface area contributed by atoms with Crippen molar-refractivity contribution < 1.29 is 0 Å². The summed E-state index contributed by atoms with van der Waals surface area (Å²) in [5, 5.41) is 0. The van der Waals surface area contributed by atoms with Crippen molar-refractivity contribution in [3.8, 4) is 0 Å². The Balaban J connectivity index is 2.22. The zero-order valence-corrected chi connectivity index (χ0v) is 6.38. The minimum absolute atomic E-state index is 0.586. The van der Waals surface area contributed by atoms with Crippen LogP contribution in [0.3, 0.4) is 0 Å². The monoisotopic (exact) mass is 135 g/mol. The van der Waals surface area contributed by atoms with Crippen LogP contribution in [0.25, 0.3) is 0 Å². The van der Waals surface area contributed by atoms with Gasteiger partial charge in [0.25, 0.3) is 0 Å².